The molecule has 2 fully saturated rings. The summed E-state index contributed by atoms with van der Waals surface area (Å²) in [7, 11) is 0. The number of hydrazine groups is 1. The van der Waals surface area contributed by atoms with E-state index in [9.17, 15) is 14.4 Å². The Balaban J connectivity index is 1.90. The van der Waals surface area contributed by atoms with Gasteiger partial charge in [0.1, 0.15) is 11.9 Å². The lowest BCUT2D eigenvalue weighted by atomic mass is 9.86. The Labute approximate surface area is 124 Å². The van der Waals surface area contributed by atoms with Crippen molar-refractivity contribution in [2.75, 3.05) is 19.6 Å². The van der Waals surface area contributed by atoms with Gasteiger partial charge in [0.25, 0.3) is 0 Å². The zero-order valence-corrected chi connectivity index (χ0v) is 12.8. The van der Waals surface area contributed by atoms with Crippen LogP contribution in [0, 0.1) is 0 Å². The van der Waals surface area contributed by atoms with E-state index in [1.807, 2.05) is 20.8 Å². The number of nitrogens with one attached hydrogen (secondary N) is 1. The highest BCUT2D eigenvalue weighted by atomic mass is 16.6. The van der Waals surface area contributed by atoms with Crippen molar-refractivity contribution in [2.45, 2.75) is 51.2 Å². The summed E-state index contributed by atoms with van der Waals surface area (Å²) < 4.78 is 5.35. The Morgan fingerprint density at radius 1 is 1.38 bits per heavy atom. The van der Waals surface area contributed by atoms with Gasteiger partial charge in [-0.15, -0.1) is 0 Å². The summed E-state index contributed by atoms with van der Waals surface area (Å²) in [6, 6.07) is 0. The molecule has 2 heterocycles. The van der Waals surface area contributed by atoms with Gasteiger partial charge in [0.05, 0.1) is 6.54 Å². The minimum atomic E-state index is -0.505. The van der Waals surface area contributed by atoms with Crippen LogP contribution in [-0.2, 0) is 14.3 Å². The highest BCUT2D eigenvalue weighted by Crippen LogP contribution is 2.31. The summed E-state index contributed by atoms with van der Waals surface area (Å²) in [6.07, 6.45) is 2.12. The Morgan fingerprint density at radius 3 is 2.52 bits per heavy atom. The number of hydrogen-bond acceptors (Lipinski definition) is 5. The average Bonchev–Trinajstić information content (AvgIpc) is 2.65. The molecule has 0 atom stereocenters. The Hall–Kier alpha value is -1.63. The second-order valence-electron chi connectivity index (χ2n) is 6.71. The molecule has 118 valence electrons. The summed E-state index contributed by atoms with van der Waals surface area (Å²) >= 11 is 0. The number of aldehydes is 1. The number of rotatable bonds is 2. The zero-order chi connectivity index (χ0) is 15.7. The molecular formula is C14H23N3O4. The van der Waals surface area contributed by atoms with Crippen LogP contribution < -0.4 is 5.43 Å². The van der Waals surface area contributed by atoms with Gasteiger partial charge in [-0.2, -0.15) is 0 Å². The van der Waals surface area contributed by atoms with E-state index in [4.69, 9.17) is 4.74 Å². The van der Waals surface area contributed by atoms with E-state index in [0.717, 1.165) is 0 Å². The molecule has 7 nitrogen and oxygen atoms in total. The van der Waals surface area contributed by atoms with Gasteiger partial charge in [0.15, 0.2) is 0 Å². The van der Waals surface area contributed by atoms with Gasteiger partial charge in [-0.05, 0) is 33.6 Å². The van der Waals surface area contributed by atoms with Crippen LogP contribution in [0.1, 0.15) is 40.0 Å². The fourth-order valence-electron chi connectivity index (χ4n) is 2.73. The second-order valence-corrected chi connectivity index (χ2v) is 6.71. The number of carbonyl (C=O) groups is 3. The highest BCUT2D eigenvalue weighted by molar-refractivity contribution is 5.81. The van der Waals surface area contributed by atoms with Gasteiger partial charge >= 0.3 is 6.09 Å². The first-order chi connectivity index (χ1) is 9.75. The molecule has 2 saturated heterocycles. The lowest BCUT2D eigenvalue weighted by Gasteiger charge is -2.39. The van der Waals surface area contributed by atoms with Crippen LogP contribution in [0.5, 0.6) is 0 Å². The molecule has 2 rings (SSSR count). The van der Waals surface area contributed by atoms with Crippen LogP contribution in [0.25, 0.3) is 0 Å². The molecule has 0 radical (unpaired) electrons. The smallest absolute Gasteiger partial charge is 0.410 e. The zero-order valence-electron chi connectivity index (χ0n) is 12.8. The molecule has 2 amide bonds. The van der Waals surface area contributed by atoms with Crippen molar-refractivity contribution in [1.82, 2.24) is 15.3 Å². The normalized spacial score (nSPS) is 21.8. The maximum absolute atomic E-state index is 12.0. The second kappa shape index (κ2) is 5.63. The fourth-order valence-corrected chi connectivity index (χ4v) is 2.73. The Kier molecular flexibility index (Phi) is 4.22. The Bertz CT molecular complexity index is 436. The number of nitrogens with zero attached hydrogens (tertiary/aromatic N) is 2. The molecule has 0 unspecified atom stereocenters. The predicted octanol–water partition coefficient (Wildman–Crippen LogP) is 0.692. The SMILES string of the molecule is CC(C)(C)OC(=O)N1CCC2(CC1)CC(=O)N(CC=O)N2. The van der Waals surface area contributed by atoms with E-state index in [2.05, 4.69) is 5.43 Å². The molecule has 0 bridgehead atoms. The summed E-state index contributed by atoms with van der Waals surface area (Å²) in [4.78, 5) is 36.1. The largest absolute Gasteiger partial charge is 0.444 e. The van der Waals surface area contributed by atoms with Crippen molar-refractivity contribution < 1.29 is 19.1 Å². The fraction of sp³-hybridized carbons (Fsp3) is 0.786. The van der Waals surface area contributed by atoms with Crippen molar-refractivity contribution in [3.05, 3.63) is 0 Å². The summed E-state index contributed by atoms with van der Waals surface area (Å²) in [5.74, 6) is -0.0622. The quantitative estimate of drug-likeness (QED) is 0.759. The highest BCUT2D eigenvalue weighted by Gasteiger charge is 2.45. The number of likely N-dealkylation sites (tertiary alicyclic amines) is 1. The van der Waals surface area contributed by atoms with Gasteiger partial charge < -0.3 is 14.4 Å². The van der Waals surface area contributed by atoms with Crippen LogP contribution in [0.15, 0.2) is 0 Å². The third-order valence-corrected chi connectivity index (χ3v) is 3.79. The van der Waals surface area contributed by atoms with Gasteiger partial charge in [0, 0.05) is 25.0 Å². The summed E-state index contributed by atoms with van der Waals surface area (Å²) in [5, 5.41) is 1.37. The number of ether oxygens (including phenoxy) is 1. The maximum atomic E-state index is 12.0. The predicted molar refractivity (Wildman–Crippen MR) is 75.3 cm³/mol. The van der Waals surface area contributed by atoms with Gasteiger partial charge in [-0.3, -0.25) is 9.80 Å². The first kappa shape index (κ1) is 15.8. The standard InChI is InChI=1S/C14H23N3O4/c1-13(2,3)21-12(20)16-6-4-14(5-7-16)10-11(19)17(15-14)8-9-18/h9,15H,4-8,10H2,1-3H3. The van der Waals surface area contributed by atoms with E-state index in [1.54, 1.807) is 4.90 Å². The van der Waals surface area contributed by atoms with Crippen LogP contribution in [0.3, 0.4) is 0 Å². The molecule has 0 aromatic carbocycles. The lowest BCUT2D eigenvalue weighted by molar-refractivity contribution is -0.131. The monoisotopic (exact) mass is 297 g/mol. The molecule has 0 saturated carbocycles. The Morgan fingerprint density at radius 2 is 2.00 bits per heavy atom. The van der Waals surface area contributed by atoms with Crippen molar-refractivity contribution in [1.29, 1.82) is 0 Å². The third kappa shape index (κ3) is 3.72. The van der Waals surface area contributed by atoms with E-state index in [1.165, 1.54) is 5.01 Å². The lowest BCUT2D eigenvalue weighted by Crippen LogP contribution is -2.54. The minimum Gasteiger partial charge on any atom is -0.444 e. The van der Waals surface area contributed by atoms with Crippen molar-refractivity contribution in [3.8, 4) is 0 Å². The van der Waals surface area contributed by atoms with Crippen molar-refractivity contribution in [3.63, 3.8) is 0 Å². The first-order valence-electron chi connectivity index (χ1n) is 7.24. The van der Waals surface area contributed by atoms with Crippen LogP contribution >= 0.6 is 0 Å². The molecular weight excluding hydrogens is 274 g/mol. The van der Waals surface area contributed by atoms with Crippen LogP contribution in [-0.4, -0.2) is 59.0 Å². The minimum absolute atomic E-state index is 0.0622. The molecule has 2 aliphatic heterocycles. The van der Waals surface area contributed by atoms with Crippen molar-refractivity contribution >= 4 is 18.3 Å². The number of piperidine rings is 1. The van der Waals surface area contributed by atoms with Gasteiger partial charge in [0.2, 0.25) is 5.91 Å². The third-order valence-electron chi connectivity index (χ3n) is 3.79. The number of amides is 2. The molecule has 1 spiro atoms. The molecule has 1 N–H and O–H groups in total. The van der Waals surface area contributed by atoms with E-state index >= 15 is 0 Å². The average molecular weight is 297 g/mol. The summed E-state index contributed by atoms with van der Waals surface area (Å²) in [5.41, 5.74) is 2.31. The molecule has 21 heavy (non-hydrogen) atoms. The first-order valence-corrected chi connectivity index (χ1v) is 7.24. The molecule has 2 aliphatic rings. The molecule has 7 heteroatoms. The van der Waals surface area contributed by atoms with Crippen LogP contribution in [0.4, 0.5) is 4.79 Å². The van der Waals surface area contributed by atoms with Crippen LogP contribution in [0.2, 0.25) is 0 Å². The van der Waals surface area contributed by atoms with Gasteiger partial charge in [-0.25, -0.2) is 10.2 Å². The van der Waals surface area contributed by atoms with Gasteiger partial charge in [-0.1, -0.05) is 0 Å². The van der Waals surface area contributed by atoms with E-state index < -0.39 is 5.60 Å². The van der Waals surface area contributed by atoms with E-state index in [0.29, 0.717) is 38.6 Å². The van der Waals surface area contributed by atoms with E-state index in [-0.39, 0.29) is 24.1 Å². The van der Waals surface area contributed by atoms with Crippen molar-refractivity contribution in [2.24, 2.45) is 0 Å². The molecule has 0 aliphatic carbocycles. The maximum Gasteiger partial charge on any atom is 0.410 e. The number of hydrogen-bond donors (Lipinski definition) is 1. The number of carbonyl (C=O) groups excluding carboxylic acids is 3. The molecule has 0 aromatic heterocycles. The summed E-state index contributed by atoms with van der Waals surface area (Å²) in [6.45, 7) is 6.67. The molecule has 0 aromatic rings. The topological polar surface area (TPSA) is 79.0 Å².